The van der Waals surface area contributed by atoms with Crippen LogP contribution in [0, 0.1) is 16.7 Å². The summed E-state index contributed by atoms with van der Waals surface area (Å²) in [4.78, 5) is 0. The molecule has 3 nitrogen and oxygen atoms in total. The summed E-state index contributed by atoms with van der Waals surface area (Å²) in [5.41, 5.74) is 0.890. The van der Waals surface area contributed by atoms with Crippen molar-refractivity contribution in [2.45, 2.75) is 20.4 Å². The SMILES string of the molecule is COc1ccc2cc(CNCC(C)(C)C#N)ccc2c1. The van der Waals surface area contributed by atoms with E-state index in [9.17, 15) is 0 Å². The number of hydrogen-bond donors (Lipinski definition) is 1. The highest BCUT2D eigenvalue weighted by Crippen LogP contribution is 2.22. The minimum Gasteiger partial charge on any atom is -0.497 e. The van der Waals surface area contributed by atoms with Crippen LogP contribution in [0.3, 0.4) is 0 Å². The van der Waals surface area contributed by atoms with Crippen molar-refractivity contribution in [3.63, 3.8) is 0 Å². The summed E-state index contributed by atoms with van der Waals surface area (Å²) in [5, 5.41) is 14.7. The Hall–Kier alpha value is -2.05. The Morgan fingerprint density at radius 1 is 1.15 bits per heavy atom. The average molecular weight is 268 g/mol. The van der Waals surface area contributed by atoms with Crippen LogP contribution in [0.25, 0.3) is 10.8 Å². The van der Waals surface area contributed by atoms with Gasteiger partial charge in [-0.05, 0) is 48.4 Å². The normalized spacial score (nSPS) is 11.3. The maximum atomic E-state index is 8.98. The van der Waals surface area contributed by atoms with Crippen LogP contribution in [0.5, 0.6) is 5.75 Å². The number of fused-ring (bicyclic) bond motifs is 1. The molecule has 0 unspecified atom stereocenters. The number of rotatable bonds is 5. The molecule has 0 aliphatic carbocycles. The van der Waals surface area contributed by atoms with E-state index in [0.717, 1.165) is 12.3 Å². The zero-order valence-electron chi connectivity index (χ0n) is 12.2. The molecule has 0 radical (unpaired) electrons. The van der Waals surface area contributed by atoms with E-state index < -0.39 is 0 Å². The number of benzene rings is 2. The Labute approximate surface area is 120 Å². The summed E-state index contributed by atoms with van der Waals surface area (Å²) in [5.74, 6) is 0.874. The van der Waals surface area contributed by atoms with E-state index in [2.05, 4.69) is 35.7 Å². The van der Waals surface area contributed by atoms with Crippen LogP contribution in [0.1, 0.15) is 19.4 Å². The van der Waals surface area contributed by atoms with Gasteiger partial charge in [0.05, 0.1) is 18.6 Å². The lowest BCUT2D eigenvalue weighted by atomic mass is 9.96. The van der Waals surface area contributed by atoms with Crippen LogP contribution >= 0.6 is 0 Å². The van der Waals surface area contributed by atoms with Crippen molar-refractivity contribution in [1.29, 1.82) is 5.26 Å². The molecule has 0 aromatic heterocycles. The maximum Gasteiger partial charge on any atom is 0.119 e. The smallest absolute Gasteiger partial charge is 0.119 e. The fourth-order valence-corrected chi connectivity index (χ4v) is 2.07. The minimum atomic E-state index is -0.329. The first kappa shape index (κ1) is 14.4. The Morgan fingerprint density at radius 3 is 2.55 bits per heavy atom. The van der Waals surface area contributed by atoms with Crippen molar-refractivity contribution in [3.05, 3.63) is 42.0 Å². The van der Waals surface area contributed by atoms with E-state index in [1.807, 2.05) is 26.0 Å². The molecule has 2 aromatic rings. The number of methoxy groups -OCH3 is 1. The first-order valence-corrected chi connectivity index (χ1v) is 6.73. The Balaban J connectivity index is 2.07. The summed E-state index contributed by atoms with van der Waals surface area (Å²) in [7, 11) is 1.68. The van der Waals surface area contributed by atoms with Crippen LogP contribution in [0.4, 0.5) is 0 Å². The van der Waals surface area contributed by atoms with Gasteiger partial charge in [0.15, 0.2) is 0 Å². The lowest BCUT2D eigenvalue weighted by molar-refractivity contribution is 0.415. The molecule has 3 heteroatoms. The summed E-state index contributed by atoms with van der Waals surface area (Å²) in [6.07, 6.45) is 0. The first-order chi connectivity index (χ1) is 9.54. The van der Waals surface area contributed by atoms with E-state index in [0.29, 0.717) is 6.54 Å². The molecule has 0 saturated heterocycles. The second kappa shape index (κ2) is 5.94. The molecule has 0 fully saturated rings. The van der Waals surface area contributed by atoms with Crippen LogP contribution in [-0.2, 0) is 6.54 Å². The van der Waals surface area contributed by atoms with Crippen molar-refractivity contribution in [2.75, 3.05) is 13.7 Å². The molecule has 0 aliphatic rings. The third-order valence-corrected chi connectivity index (χ3v) is 3.31. The molecular formula is C17H20N2O. The molecule has 0 heterocycles. The highest BCUT2D eigenvalue weighted by Gasteiger charge is 2.15. The van der Waals surface area contributed by atoms with Crippen molar-refractivity contribution >= 4 is 10.8 Å². The van der Waals surface area contributed by atoms with Gasteiger partial charge >= 0.3 is 0 Å². The molecule has 0 amide bonds. The first-order valence-electron chi connectivity index (χ1n) is 6.73. The second-order valence-corrected chi connectivity index (χ2v) is 5.65. The zero-order valence-corrected chi connectivity index (χ0v) is 12.2. The monoisotopic (exact) mass is 268 g/mol. The van der Waals surface area contributed by atoms with Gasteiger partial charge in [0, 0.05) is 13.1 Å². The number of ether oxygens (including phenoxy) is 1. The molecule has 0 aliphatic heterocycles. The molecule has 0 bridgehead atoms. The highest BCUT2D eigenvalue weighted by molar-refractivity contribution is 5.84. The fourth-order valence-electron chi connectivity index (χ4n) is 2.07. The lowest BCUT2D eigenvalue weighted by Crippen LogP contribution is -2.27. The second-order valence-electron chi connectivity index (χ2n) is 5.65. The maximum absolute atomic E-state index is 8.98. The van der Waals surface area contributed by atoms with Gasteiger partial charge in [-0.2, -0.15) is 5.26 Å². The topological polar surface area (TPSA) is 45.0 Å². The number of nitrogens with zero attached hydrogens (tertiary/aromatic N) is 1. The number of nitrogens with one attached hydrogen (secondary N) is 1. The van der Waals surface area contributed by atoms with Crippen molar-refractivity contribution in [3.8, 4) is 11.8 Å². The highest BCUT2D eigenvalue weighted by atomic mass is 16.5. The summed E-state index contributed by atoms with van der Waals surface area (Å²) < 4.78 is 5.22. The predicted octanol–water partition coefficient (Wildman–Crippen LogP) is 3.49. The standard InChI is InChI=1S/C17H20N2O/c1-17(2,11-18)12-19-10-13-4-5-15-9-16(20-3)7-6-14(15)8-13/h4-9,19H,10,12H2,1-3H3. The predicted molar refractivity (Wildman–Crippen MR) is 81.6 cm³/mol. The molecule has 2 aromatic carbocycles. The summed E-state index contributed by atoms with van der Waals surface area (Å²) in [6.45, 7) is 5.33. The van der Waals surface area contributed by atoms with E-state index >= 15 is 0 Å². The van der Waals surface area contributed by atoms with Crippen LogP contribution in [-0.4, -0.2) is 13.7 Å². The van der Waals surface area contributed by atoms with Gasteiger partial charge in [-0.15, -0.1) is 0 Å². The van der Waals surface area contributed by atoms with E-state index in [4.69, 9.17) is 10.00 Å². The van der Waals surface area contributed by atoms with Gasteiger partial charge < -0.3 is 10.1 Å². The van der Waals surface area contributed by atoms with Crippen molar-refractivity contribution < 1.29 is 4.74 Å². The largest absolute Gasteiger partial charge is 0.497 e. The summed E-state index contributed by atoms with van der Waals surface area (Å²) >= 11 is 0. The molecule has 0 atom stereocenters. The average Bonchev–Trinajstić information content (AvgIpc) is 2.46. The van der Waals surface area contributed by atoms with Crippen LogP contribution in [0.15, 0.2) is 36.4 Å². The zero-order chi connectivity index (χ0) is 14.6. The Bertz CT molecular complexity index is 641. The minimum absolute atomic E-state index is 0.329. The molecular weight excluding hydrogens is 248 g/mol. The molecule has 1 N–H and O–H groups in total. The van der Waals surface area contributed by atoms with Gasteiger partial charge in [-0.25, -0.2) is 0 Å². The van der Waals surface area contributed by atoms with E-state index in [-0.39, 0.29) is 5.41 Å². The van der Waals surface area contributed by atoms with Gasteiger partial charge in [-0.1, -0.05) is 18.2 Å². The van der Waals surface area contributed by atoms with Crippen molar-refractivity contribution in [1.82, 2.24) is 5.32 Å². The van der Waals surface area contributed by atoms with Crippen LogP contribution < -0.4 is 10.1 Å². The van der Waals surface area contributed by atoms with Gasteiger partial charge in [0.1, 0.15) is 5.75 Å². The molecule has 0 saturated carbocycles. The summed E-state index contributed by atoms with van der Waals surface area (Å²) in [6, 6.07) is 14.7. The Kier molecular flexibility index (Phi) is 4.26. The van der Waals surface area contributed by atoms with Gasteiger partial charge in [0.2, 0.25) is 0 Å². The quantitative estimate of drug-likeness (QED) is 0.902. The van der Waals surface area contributed by atoms with Gasteiger partial charge in [-0.3, -0.25) is 0 Å². The van der Waals surface area contributed by atoms with Gasteiger partial charge in [0.25, 0.3) is 0 Å². The molecule has 20 heavy (non-hydrogen) atoms. The molecule has 104 valence electrons. The lowest BCUT2D eigenvalue weighted by Gasteiger charge is -2.16. The van der Waals surface area contributed by atoms with Crippen LogP contribution in [0.2, 0.25) is 0 Å². The number of hydrogen-bond acceptors (Lipinski definition) is 3. The molecule has 0 spiro atoms. The molecule has 2 rings (SSSR count). The van der Waals surface area contributed by atoms with E-state index in [1.54, 1.807) is 7.11 Å². The fraction of sp³-hybridized carbons (Fsp3) is 0.353. The van der Waals surface area contributed by atoms with Crippen molar-refractivity contribution in [2.24, 2.45) is 5.41 Å². The number of nitriles is 1. The third-order valence-electron chi connectivity index (χ3n) is 3.31. The Morgan fingerprint density at radius 2 is 1.85 bits per heavy atom. The van der Waals surface area contributed by atoms with E-state index in [1.165, 1.54) is 16.3 Å². The third kappa shape index (κ3) is 3.49.